The molecule has 0 aromatic carbocycles. The van der Waals surface area contributed by atoms with Crippen molar-refractivity contribution in [3.05, 3.63) is 0 Å². The minimum atomic E-state index is -0.692. The van der Waals surface area contributed by atoms with Gasteiger partial charge in [0.05, 0.1) is 17.8 Å². The molecule has 2 aliphatic heterocycles. The first kappa shape index (κ1) is 13.3. The van der Waals surface area contributed by atoms with Gasteiger partial charge >= 0.3 is 0 Å². The van der Waals surface area contributed by atoms with Gasteiger partial charge in [-0.25, -0.2) is 0 Å². The first-order chi connectivity index (χ1) is 7.73. The van der Waals surface area contributed by atoms with Crippen LogP contribution in [0.1, 0.15) is 40.5 Å². The topological polar surface area (TPSA) is 50.7 Å². The second-order valence-electron chi connectivity index (χ2n) is 6.63. The van der Waals surface area contributed by atoms with E-state index >= 15 is 0 Å². The van der Waals surface area contributed by atoms with Crippen LogP contribution >= 0.6 is 0 Å². The highest BCUT2D eigenvalue weighted by Crippen LogP contribution is 2.37. The van der Waals surface area contributed by atoms with E-state index in [1.54, 1.807) is 0 Å². The molecule has 0 spiro atoms. The maximum Gasteiger partial charge on any atom is 0.103 e. The third kappa shape index (κ3) is 2.99. The zero-order valence-corrected chi connectivity index (χ0v) is 11.4. The van der Waals surface area contributed by atoms with Gasteiger partial charge in [0.25, 0.3) is 0 Å². The van der Waals surface area contributed by atoms with E-state index in [0.29, 0.717) is 19.8 Å². The molecule has 2 saturated heterocycles. The van der Waals surface area contributed by atoms with E-state index in [1.807, 2.05) is 0 Å². The summed E-state index contributed by atoms with van der Waals surface area (Å²) in [5.74, 6) is 0. The maximum absolute atomic E-state index is 10.2. The third-order valence-corrected chi connectivity index (χ3v) is 3.83. The molecule has 0 bridgehead atoms. The Morgan fingerprint density at radius 2 is 2.00 bits per heavy atom. The summed E-state index contributed by atoms with van der Waals surface area (Å²) in [5.41, 5.74) is -0.960. The molecule has 0 aromatic heterocycles. The van der Waals surface area contributed by atoms with Crippen molar-refractivity contribution in [1.29, 1.82) is 0 Å². The maximum atomic E-state index is 10.2. The highest BCUT2D eigenvalue weighted by molar-refractivity contribution is 5.00. The Kier molecular flexibility index (Phi) is 3.28. The van der Waals surface area contributed by atoms with Crippen molar-refractivity contribution in [2.45, 2.75) is 63.4 Å². The molecule has 2 unspecified atom stereocenters. The molecule has 0 amide bonds. The van der Waals surface area contributed by atoms with E-state index in [4.69, 9.17) is 9.47 Å². The van der Waals surface area contributed by atoms with E-state index < -0.39 is 5.60 Å². The van der Waals surface area contributed by atoms with Crippen molar-refractivity contribution in [2.24, 2.45) is 0 Å². The molecule has 4 heteroatoms. The summed E-state index contributed by atoms with van der Waals surface area (Å²) in [7, 11) is 0. The van der Waals surface area contributed by atoms with Crippen molar-refractivity contribution >= 4 is 0 Å². The van der Waals surface area contributed by atoms with Gasteiger partial charge in [-0.2, -0.15) is 0 Å². The molecule has 100 valence electrons. The van der Waals surface area contributed by atoms with Gasteiger partial charge in [0.1, 0.15) is 5.60 Å². The fourth-order valence-corrected chi connectivity index (χ4v) is 2.93. The van der Waals surface area contributed by atoms with E-state index in [0.717, 1.165) is 12.8 Å². The fraction of sp³-hybridized carbons (Fsp3) is 1.00. The number of rotatable bonds is 3. The third-order valence-electron chi connectivity index (χ3n) is 3.83. The van der Waals surface area contributed by atoms with Crippen molar-refractivity contribution in [3.63, 3.8) is 0 Å². The van der Waals surface area contributed by atoms with E-state index in [-0.39, 0.29) is 17.2 Å². The van der Waals surface area contributed by atoms with Gasteiger partial charge in [0, 0.05) is 25.6 Å². The summed E-state index contributed by atoms with van der Waals surface area (Å²) in [4.78, 5) is 0. The number of ether oxygens (including phenoxy) is 2. The second-order valence-corrected chi connectivity index (χ2v) is 6.63. The lowest BCUT2D eigenvalue weighted by molar-refractivity contribution is -0.0713. The highest BCUT2D eigenvalue weighted by atomic mass is 16.5. The van der Waals surface area contributed by atoms with Crippen LogP contribution in [0, 0.1) is 0 Å². The first-order valence-corrected chi connectivity index (χ1v) is 6.46. The monoisotopic (exact) mass is 243 g/mol. The van der Waals surface area contributed by atoms with Gasteiger partial charge in [0.15, 0.2) is 0 Å². The summed E-state index contributed by atoms with van der Waals surface area (Å²) in [5, 5.41) is 13.7. The molecule has 0 saturated carbocycles. The Labute approximate surface area is 104 Å². The van der Waals surface area contributed by atoms with Crippen LogP contribution < -0.4 is 5.32 Å². The second kappa shape index (κ2) is 4.19. The zero-order chi connectivity index (χ0) is 12.7. The number of hydrogen-bond donors (Lipinski definition) is 2. The zero-order valence-electron chi connectivity index (χ0n) is 11.4. The smallest absolute Gasteiger partial charge is 0.103 e. The summed E-state index contributed by atoms with van der Waals surface area (Å²) < 4.78 is 11.3. The van der Waals surface area contributed by atoms with Gasteiger partial charge in [-0.3, -0.25) is 0 Å². The fourth-order valence-electron chi connectivity index (χ4n) is 2.93. The SMILES string of the molecule is CC1(C)CC(NCC2(O)CCOC2)C(C)(C)O1. The summed E-state index contributed by atoms with van der Waals surface area (Å²) in [6.45, 7) is 10.1. The average molecular weight is 243 g/mol. The number of aliphatic hydroxyl groups is 1. The van der Waals surface area contributed by atoms with E-state index in [1.165, 1.54) is 0 Å². The standard InChI is InChI=1S/C13H25NO3/c1-11(2)7-10(12(3,4)17-11)14-8-13(15)5-6-16-9-13/h10,14-15H,5-9H2,1-4H3. The Bertz CT molecular complexity index is 282. The van der Waals surface area contributed by atoms with Gasteiger partial charge in [-0.15, -0.1) is 0 Å². The van der Waals surface area contributed by atoms with Crippen LogP contribution in [0.3, 0.4) is 0 Å². The van der Waals surface area contributed by atoms with Gasteiger partial charge in [-0.05, 0) is 34.1 Å². The predicted octanol–water partition coefficient (Wildman–Crippen LogP) is 1.07. The number of nitrogens with one attached hydrogen (secondary N) is 1. The molecule has 2 atom stereocenters. The summed E-state index contributed by atoms with van der Waals surface area (Å²) >= 11 is 0. The van der Waals surface area contributed by atoms with Crippen LogP contribution in [-0.4, -0.2) is 47.7 Å². The Hall–Kier alpha value is -0.160. The predicted molar refractivity (Wildman–Crippen MR) is 66.0 cm³/mol. The summed E-state index contributed by atoms with van der Waals surface area (Å²) in [6.07, 6.45) is 1.69. The van der Waals surface area contributed by atoms with Crippen LogP contribution in [0.4, 0.5) is 0 Å². The minimum absolute atomic E-state index is 0.0873. The van der Waals surface area contributed by atoms with Crippen molar-refractivity contribution in [2.75, 3.05) is 19.8 Å². The molecule has 2 N–H and O–H groups in total. The molecule has 0 aromatic rings. The first-order valence-electron chi connectivity index (χ1n) is 6.46. The lowest BCUT2D eigenvalue weighted by Gasteiger charge is -2.30. The highest BCUT2D eigenvalue weighted by Gasteiger charge is 2.46. The van der Waals surface area contributed by atoms with Gasteiger partial charge < -0.3 is 19.9 Å². The van der Waals surface area contributed by atoms with Crippen LogP contribution in [0.5, 0.6) is 0 Å². The van der Waals surface area contributed by atoms with E-state index in [9.17, 15) is 5.11 Å². The molecular weight excluding hydrogens is 218 g/mol. The molecule has 2 fully saturated rings. The van der Waals surface area contributed by atoms with E-state index in [2.05, 4.69) is 33.0 Å². The van der Waals surface area contributed by atoms with Crippen molar-refractivity contribution < 1.29 is 14.6 Å². The van der Waals surface area contributed by atoms with Gasteiger partial charge in [-0.1, -0.05) is 0 Å². The largest absolute Gasteiger partial charge is 0.386 e. The quantitative estimate of drug-likeness (QED) is 0.778. The molecule has 17 heavy (non-hydrogen) atoms. The number of hydrogen-bond acceptors (Lipinski definition) is 4. The Morgan fingerprint density at radius 3 is 2.47 bits per heavy atom. The molecule has 2 aliphatic rings. The molecule has 0 radical (unpaired) electrons. The Balaban J connectivity index is 1.91. The molecular formula is C13H25NO3. The molecule has 0 aliphatic carbocycles. The lowest BCUT2D eigenvalue weighted by Crippen LogP contribution is -2.50. The minimum Gasteiger partial charge on any atom is -0.386 e. The van der Waals surface area contributed by atoms with Crippen LogP contribution in [0.2, 0.25) is 0 Å². The lowest BCUT2D eigenvalue weighted by atomic mass is 9.93. The van der Waals surface area contributed by atoms with Crippen LogP contribution in [0.25, 0.3) is 0 Å². The van der Waals surface area contributed by atoms with Gasteiger partial charge in [0.2, 0.25) is 0 Å². The summed E-state index contributed by atoms with van der Waals surface area (Å²) in [6, 6.07) is 0.280. The van der Waals surface area contributed by atoms with Crippen LogP contribution in [-0.2, 0) is 9.47 Å². The molecule has 4 nitrogen and oxygen atoms in total. The Morgan fingerprint density at radius 1 is 1.29 bits per heavy atom. The average Bonchev–Trinajstić information content (AvgIpc) is 2.65. The van der Waals surface area contributed by atoms with Crippen molar-refractivity contribution in [1.82, 2.24) is 5.32 Å². The molecule has 2 rings (SSSR count). The molecule has 2 heterocycles. The normalized spacial score (nSPS) is 39.7. The van der Waals surface area contributed by atoms with Crippen molar-refractivity contribution in [3.8, 4) is 0 Å². The van der Waals surface area contributed by atoms with Crippen LogP contribution in [0.15, 0.2) is 0 Å².